The Morgan fingerprint density at radius 1 is 1.20 bits per heavy atom. The number of rotatable bonds is 7. The van der Waals surface area contributed by atoms with Crippen LogP contribution in [0.4, 0.5) is 5.69 Å². The second-order valence-electron chi connectivity index (χ2n) is 5.08. The maximum atomic E-state index is 12.2. The second-order valence-corrected chi connectivity index (χ2v) is 5.08. The van der Waals surface area contributed by atoms with E-state index in [1.165, 1.54) is 0 Å². The minimum atomic E-state index is -0.379. The minimum Gasteiger partial charge on any atom is -0.393 e. The first-order valence-corrected chi connectivity index (χ1v) is 7.28. The molecule has 112 valence electrons. The topological polar surface area (TPSA) is 43.8 Å². The molecule has 0 heterocycles. The van der Waals surface area contributed by atoms with Gasteiger partial charge in [0.25, 0.3) is 5.91 Å². The number of anilines is 1. The highest BCUT2D eigenvalue weighted by Crippen LogP contribution is 2.16. The molecule has 0 bridgehead atoms. The van der Waals surface area contributed by atoms with Crippen molar-refractivity contribution in [1.29, 1.82) is 0 Å². The fourth-order valence-electron chi connectivity index (χ4n) is 2.11. The molecule has 1 atom stereocenters. The lowest BCUT2D eigenvalue weighted by molar-refractivity contribution is 0.0769. The van der Waals surface area contributed by atoms with Crippen molar-refractivity contribution in [2.75, 3.05) is 31.6 Å². The molecule has 0 spiro atoms. The number of carbonyl (C=O) groups excluding carboxylic acids is 1. The van der Waals surface area contributed by atoms with Crippen molar-refractivity contribution in [3.8, 4) is 0 Å². The van der Waals surface area contributed by atoms with E-state index in [1.807, 2.05) is 24.3 Å². The first-order chi connectivity index (χ1) is 9.49. The van der Waals surface area contributed by atoms with Gasteiger partial charge in [-0.15, -0.1) is 0 Å². The zero-order valence-electron chi connectivity index (χ0n) is 13.0. The summed E-state index contributed by atoms with van der Waals surface area (Å²) in [7, 11) is 1.77. The summed E-state index contributed by atoms with van der Waals surface area (Å²) in [4.78, 5) is 16.1. The normalized spacial score (nSPS) is 12.1. The molecule has 1 N–H and O–H groups in total. The third kappa shape index (κ3) is 4.53. The molecule has 4 nitrogen and oxygen atoms in total. The van der Waals surface area contributed by atoms with Crippen molar-refractivity contribution in [3.05, 3.63) is 29.8 Å². The molecule has 1 amide bonds. The average Bonchev–Trinajstić information content (AvgIpc) is 2.46. The van der Waals surface area contributed by atoms with E-state index in [9.17, 15) is 9.90 Å². The van der Waals surface area contributed by atoms with Gasteiger partial charge in [-0.25, -0.2) is 0 Å². The van der Waals surface area contributed by atoms with Crippen molar-refractivity contribution in [1.82, 2.24) is 4.90 Å². The van der Waals surface area contributed by atoms with Gasteiger partial charge in [0, 0.05) is 37.9 Å². The first-order valence-electron chi connectivity index (χ1n) is 7.28. The van der Waals surface area contributed by atoms with Crippen molar-refractivity contribution < 1.29 is 9.90 Å². The Morgan fingerprint density at radius 3 is 2.20 bits per heavy atom. The number of amides is 1. The molecular weight excluding hydrogens is 252 g/mol. The summed E-state index contributed by atoms with van der Waals surface area (Å²) in [5.41, 5.74) is 1.83. The fraction of sp³-hybridized carbons (Fsp3) is 0.562. The molecule has 1 unspecified atom stereocenters. The molecule has 0 radical (unpaired) electrons. The van der Waals surface area contributed by atoms with Crippen molar-refractivity contribution in [2.24, 2.45) is 0 Å². The number of aliphatic hydroxyl groups excluding tert-OH is 1. The van der Waals surface area contributed by atoms with Crippen LogP contribution in [-0.2, 0) is 0 Å². The summed E-state index contributed by atoms with van der Waals surface area (Å²) in [6.07, 6.45) is 0.218. The molecule has 0 aromatic heterocycles. The van der Waals surface area contributed by atoms with Gasteiger partial charge in [0.2, 0.25) is 0 Å². The molecule has 20 heavy (non-hydrogen) atoms. The lowest BCUT2D eigenvalue weighted by atomic mass is 10.1. The van der Waals surface area contributed by atoms with Crippen LogP contribution in [0, 0.1) is 0 Å². The number of hydrogen-bond acceptors (Lipinski definition) is 3. The quantitative estimate of drug-likeness (QED) is 0.833. The molecule has 0 saturated carbocycles. The van der Waals surface area contributed by atoms with E-state index in [-0.39, 0.29) is 12.0 Å². The maximum Gasteiger partial charge on any atom is 0.253 e. The lowest BCUT2D eigenvalue weighted by Gasteiger charge is -2.22. The Hall–Kier alpha value is -1.55. The molecule has 4 heteroatoms. The third-order valence-electron chi connectivity index (χ3n) is 3.47. The number of benzene rings is 1. The highest BCUT2D eigenvalue weighted by Gasteiger charge is 2.12. The Labute approximate surface area is 122 Å². The molecule has 1 rings (SSSR count). The Kier molecular flexibility index (Phi) is 6.52. The van der Waals surface area contributed by atoms with Crippen molar-refractivity contribution in [2.45, 2.75) is 33.3 Å². The summed E-state index contributed by atoms with van der Waals surface area (Å²) >= 11 is 0. The van der Waals surface area contributed by atoms with Gasteiger partial charge < -0.3 is 14.9 Å². The first kappa shape index (κ1) is 16.5. The molecular formula is C16H26N2O2. The highest BCUT2D eigenvalue weighted by atomic mass is 16.3. The fourth-order valence-corrected chi connectivity index (χ4v) is 2.11. The van der Waals surface area contributed by atoms with E-state index < -0.39 is 0 Å². The van der Waals surface area contributed by atoms with Gasteiger partial charge in [-0.2, -0.15) is 0 Å². The third-order valence-corrected chi connectivity index (χ3v) is 3.47. The largest absolute Gasteiger partial charge is 0.393 e. The number of aliphatic hydroxyl groups is 1. The molecule has 0 aliphatic heterocycles. The Balaban J connectivity index is 2.70. The zero-order chi connectivity index (χ0) is 15.1. The van der Waals surface area contributed by atoms with E-state index in [4.69, 9.17) is 0 Å². The van der Waals surface area contributed by atoms with Crippen LogP contribution in [0.3, 0.4) is 0 Å². The van der Waals surface area contributed by atoms with Crippen LogP contribution in [0.25, 0.3) is 0 Å². The van der Waals surface area contributed by atoms with Crippen LogP contribution in [0.15, 0.2) is 24.3 Å². The SMILES string of the molecule is CCN(CC)c1ccc(C(=O)N(C)CCC(C)O)cc1. The highest BCUT2D eigenvalue weighted by molar-refractivity contribution is 5.94. The standard InChI is InChI=1S/C16H26N2O2/c1-5-18(6-2)15-9-7-14(8-10-15)16(20)17(4)12-11-13(3)19/h7-10,13,19H,5-6,11-12H2,1-4H3. The van der Waals surface area contributed by atoms with E-state index in [0.717, 1.165) is 18.8 Å². The van der Waals surface area contributed by atoms with Crippen molar-refractivity contribution in [3.63, 3.8) is 0 Å². The summed E-state index contributed by atoms with van der Waals surface area (Å²) in [6, 6.07) is 7.72. The maximum absolute atomic E-state index is 12.2. The molecule has 1 aromatic rings. The van der Waals surface area contributed by atoms with Gasteiger partial charge >= 0.3 is 0 Å². The van der Waals surface area contributed by atoms with Crippen LogP contribution in [0.2, 0.25) is 0 Å². The van der Waals surface area contributed by atoms with Gasteiger partial charge in [0.1, 0.15) is 0 Å². The number of carbonyl (C=O) groups is 1. The summed E-state index contributed by atoms with van der Waals surface area (Å²) in [5, 5.41) is 9.26. The summed E-state index contributed by atoms with van der Waals surface area (Å²) in [6.45, 7) is 8.44. The summed E-state index contributed by atoms with van der Waals surface area (Å²) in [5.74, 6) is -0.00301. The Morgan fingerprint density at radius 2 is 1.75 bits per heavy atom. The van der Waals surface area contributed by atoms with Gasteiger partial charge in [-0.05, 0) is 51.5 Å². The summed E-state index contributed by atoms with van der Waals surface area (Å²) < 4.78 is 0. The van der Waals surface area contributed by atoms with Crippen LogP contribution in [0.5, 0.6) is 0 Å². The van der Waals surface area contributed by atoms with E-state index in [2.05, 4.69) is 18.7 Å². The van der Waals surface area contributed by atoms with Gasteiger partial charge in [0.05, 0.1) is 6.10 Å². The smallest absolute Gasteiger partial charge is 0.253 e. The average molecular weight is 278 g/mol. The minimum absolute atomic E-state index is 0.00301. The number of nitrogens with zero attached hydrogens (tertiary/aromatic N) is 2. The van der Waals surface area contributed by atoms with Crippen molar-refractivity contribution >= 4 is 11.6 Å². The second kappa shape index (κ2) is 7.90. The number of hydrogen-bond donors (Lipinski definition) is 1. The molecule has 0 fully saturated rings. The van der Waals surface area contributed by atoms with Crippen LogP contribution in [0.1, 0.15) is 37.6 Å². The molecule has 0 aliphatic carbocycles. The lowest BCUT2D eigenvalue weighted by Crippen LogP contribution is -2.29. The van der Waals surface area contributed by atoms with Gasteiger partial charge in [0.15, 0.2) is 0 Å². The van der Waals surface area contributed by atoms with E-state index in [1.54, 1.807) is 18.9 Å². The zero-order valence-corrected chi connectivity index (χ0v) is 13.0. The van der Waals surface area contributed by atoms with E-state index in [0.29, 0.717) is 18.5 Å². The van der Waals surface area contributed by atoms with Crippen LogP contribution < -0.4 is 4.90 Å². The monoisotopic (exact) mass is 278 g/mol. The molecule has 1 aromatic carbocycles. The van der Waals surface area contributed by atoms with E-state index >= 15 is 0 Å². The Bertz CT molecular complexity index is 411. The molecule has 0 aliphatic rings. The predicted molar refractivity (Wildman–Crippen MR) is 83.3 cm³/mol. The van der Waals surface area contributed by atoms with Crippen LogP contribution in [-0.4, -0.2) is 48.7 Å². The van der Waals surface area contributed by atoms with Gasteiger partial charge in [-0.1, -0.05) is 0 Å². The van der Waals surface area contributed by atoms with Crippen LogP contribution >= 0.6 is 0 Å². The molecule has 0 saturated heterocycles. The van der Waals surface area contributed by atoms with Gasteiger partial charge in [-0.3, -0.25) is 4.79 Å². The predicted octanol–water partition coefficient (Wildman–Crippen LogP) is 2.38.